The van der Waals surface area contributed by atoms with E-state index in [1.54, 1.807) is 0 Å². The molecule has 2 aliphatic rings. The first-order valence-electron chi connectivity index (χ1n) is 19.5. The summed E-state index contributed by atoms with van der Waals surface area (Å²) in [6, 6.07) is 37.0. The number of aliphatic carboxylic acids is 1. The first kappa shape index (κ1) is 37.0. The van der Waals surface area contributed by atoms with Crippen molar-refractivity contribution in [3.63, 3.8) is 0 Å². The SMILES string of the molecule is CCCCCCC1(CCCCCC)c2cc(-c3sc(/C=C(\C#N)C(=O)O)c4c3OCCO4)ccc2-c2ccc(N(c3ccccc3)c3ccccc3)cc21. The highest BCUT2D eigenvalue weighted by Crippen LogP contribution is 2.58. The van der Waals surface area contributed by atoms with E-state index in [0.717, 1.165) is 53.2 Å². The number of carbonyl (C=O) groups is 1. The van der Waals surface area contributed by atoms with Gasteiger partial charge in [-0.1, -0.05) is 120 Å². The Bertz CT molecular complexity index is 2110. The van der Waals surface area contributed by atoms with E-state index in [-0.39, 0.29) is 11.0 Å². The number of hydrogen-bond acceptors (Lipinski definition) is 6. The van der Waals surface area contributed by atoms with Gasteiger partial charge in [0.2, 0.25) is 0 Å². The maximum absolute atomic E-state index is 11.8. The zero-order valence-corrected chi connectivity index (χ0v) is 32.1. The minimum absolute atomic E-state index is 0.189. The van der Waals surface area contributed by atoms with Crippen molar-refractivity contribution in [2.75, 3.05) is 18.1 Å². The molecule has 5 aromatic rings. The molecule has 2 heterocycles. The summed E-state index contributed by atoms with van der Waals surface area (Å²) in [5, 5.41) is 19.2. The Morgan fingerprint density at radius 2 is 1.33 bits per heavy atom. The third-order valence-electron chi connectivity index (χ3n) is 10.9. The van der Waals surface area contributed by atoms with E-state index in [9.17, 15) is 15.2 Å². The molecule has 0 amide bonds. The monoisotopic (exact) mass is 736 g/mol. The first-order chi connectivity index (χ1) is 26.5. The molecule has 0 spiro atoms. The number of fused-ring (bicyclic) bond motifs is 4. The van der Waals surface area contributed by atoms with Crippen LogP contribution in [0.3, 0.4) is 0 Å². The van der Waals surface area contributed by atoms with Crippen LogP contribution in [0.15, 0.2) is 103 Å². The maximum atomic E-state index is 11.8. The molecule has 0 saturated heterocycles. The molecule has 0 radical (unpaired) electrons. The van der Waals surface area contributed by atoms with E-state index in [0.29, 0.717) is 29.6 Å². The van der Waals surface area contributed by atoms with Crippen LogP contribution in [0, 0.1) is 11.3 Å². The number of nitriles is 1. The minimum Gasteiger partial charge on any atom is -0.485 e. The fraction of sp³-hybridized carbons (Fsp3) is 0.319. The largest absolute Gasteiger partial charge is 0.485 e. The molecule has 54 heavy (non-hydrogen) atoms. The number of rotatable bonds is 16. The lowest BCUT2D eigenvalue weighted by Crippen LogP contribution is -2.26. The summed E-state index contributed by atoms with van der Waals surface area (Å²) in [4.78, 5) is 15.6. The van der Waals surface area contributed by atoms with Crippen LogP contribution in [0.2, 0.25) is 0 Å². The van der Waals surface area contributed by atoms with Gasteiger partial charge in [0.1, 0.15) is 24.9 Å². The number of thiophene rings is 1. The van der Waals surface area contributed by atoms with E-state index in [1.165, 1.54) is 78.2 Å². The number of carboxylic acid groups (broad SMARTS) is 1. The fourth-order valence-electron chi connectivity index (χ4n) is 8.27. The van der Waals surface area contributed by atoms with Gasteiger partial charge in [0.25, 0.3) is 0 Å². The normalized spacial score (nSPS) is 13.9. The Kier molecular flexibility index (Phi) is 11.5. The van der Waals surface area contributed by atoms with Gasteiger partial charge in [0, 0.05) is 22.5 Å². The Morgan fingerprint density at radius 1 is 0.759 bits per heavy atom. The zero-order valence-electron chi connectivity index (χ0n) is 31.3. The third-order valence-corrected chi connectivity index (χ3v) is 12.0. The van der Waals surface area contributed by atoms with Crippen molar-refractivity contribution >= 4 is 40.4 Å². The van der Waals surface area contributed by atoms with Crippen LogP contribution in [0.25, 0.3) is 27.6 Å². The lowest BCUT2D eigenvalue weighted by atomic mass is 9.70. The molecule has 0 bridgehead atoms. The fourth-order valence-corrected chi connectivity index (χ4v) is 9.40. The second kappa shape index (κ2) is 16.8. The number of carboxylic acids is 1. The maximum Gasteiger partial charge on any atom is 0.346 e. The molecule has 4 aromatic carbocycles. The number of nitrogens with zero attached hydrogens (tertiary/aromatic N) is 2. The van der Waals surface area contributed by atoms with Gasteiger partial charge in [-0.25, -0.2) is 4.79 Å². The Labute approximate surface area is 323 Å². The summed E-state index contributed by atoms with van der Waals surface area (Å²) in [6.07, 6.45) is 13.0. The second-order valence-corrected chi connectivity index (χ2v) is 15.4. The molecule has 6 nitrogen and oxygen atoms in total. The van der Waals surface area contributed by atoms with Gasteiger partial charge < -0.3 is 19.5 Å². The number of ether oxygens (including phenoxy) is 2. The van der Waals surface area contributed by atoms with E-state index in [1.807, 2.05) is 6.07 Å². The van der Waals surface area contributed by atoms with Crippen LogP contribution in [-0.4, -0.2) is 24.3 Å². The summed E-state index contributed by atoms with van der Waals surface area (Å²) in [5.41, 5.74) is 9.20. The molecule has 7 heteroatoms. The summed E-state index contributed by atoms with van der Waals surface area (Å²) >= 11 is 1.42. The van der Waals surface area contributed by atoms with E-state index in [2.05, 4.69) is 116 Å². The molecule has 276 valence electrons. The van der Waals surface area contributed by atoms with E-state index in [4.69, 9.17) is 9.47 Å². The summed E-state index contributed by atoms with van der Waals surface area (Å²) in [5.74, 6) is -0.131. The van der Waals surface area contributed by atoms with Gasteiger partial charge in [-0.15, -0.1) is 11.3 Å². The van der Waals surface area contributed by atoms with Crippen molar-refractivity contribution < 1.29 is 19.4 Å². The van der Waals surface area contributed by atoms with Gasteiger partial charge in [0.05, 0.1) is 9.75 Å². The first-order valence-corrected chi connectivity index (χ1v) is 20.3. The average Bonchev–Trinajstić information content (AvgIpc) is 3.70. The number of anilines is 3. The molecule has 1 aromatic heterocycles. The van der Waals surface area contributed by atoms with Crippen LogP contribution in [0.1, 0.15) is 94.1 Å². The number of unbranched alkanes of at least 4 members (excludes halogenated alkanes) is 6. The van der Waals surface area contributed by atoms with Gasteiger partial charge in [-0.3, -0.25) is 0 Å². The van der Waals surface area contributed by atoms with Crippen molar-refractivity contribution in [2.45, 2.75) is 83.5 Å². The van der Waals surface area contributed by atoms with Crippen LogP contribution < -0.4 is 14.4 Å². The Balaban J connectivity index is 1.40. The van der Waals surface area contributed by atoms with Crippen molar-refractivity contribution in [1.29, 1.82) is 5.26 Å². The number of hydrogen-bond donors (Lipinski definition) is 1. The lowest BCUT2D eigenvalue weighted by Gasteiger charge is -2.34. The Morgan fingerprint density at radius 3 is 1.91 bits per heavy atom. The predicted molar refractivity (Wildman–Crippen MR) is 220 cm³/mol. The van der Waals surface area contributed by atoms with E-state index < -0.39 is 5.97 Å². The molecule has 0 saturated carbocycles. The van der Waals surface area contributed by atoms with Crippen molar-refractivity contribution in [1.82, 2.24) is 0 Å². The molecule has 0 unspecified atom stereocenters. The average molecular weight is 737 g/mol. The van der Waals surface area contributed by atoms with Crippen LogP contribution in [0.4, 0.5) is 17.1 Å². The Hall–Kier alpha value is -5.32. The highest BCUT2D eigenvalue weighted by Gasteiger charge is 2.43. The van der Waals surface area contributed by atoms with Gasteiger partial charge in [-0.05, 0) is 89.2 Å². The van der Waals surface area contributed by atoms with Crippen molar-refractivity contribution in [3.8, 4) is 39.1 Å². The number of para-hydroxylation sites is 2. The zero-order chi connectivity index (χ0) is 37.5. The summed E-state index contributed by atoms with van der Waals surface area (Å²) in [7, 11) is 0. The van der Waals surface area contributed by atoms with Crippen LogP contribution in [-0.2, 0) is 10.2 Å². The number of benzene rings is 4. The second-order valence-electron chi connectivity index (χ2n) is 14.3. The van der Waals surface area contributed by atoms with Crippen molar-refractivity contribution in [3.05, 3.63) is 119 Å². The molecule has 1 N–H and O–H groups in total. The summed E-state index contributed by atoms with van der Waals surface area (Å²) < 4.78 is 12.3. The van der Waals surface area contributed by atoms with Crippen molar-refractivity contribution in [2.24, 2.45) is 0 Å². The highest BCUT2D eigenvalue weighted by atomic mass is 32.1. The molecule has 0 fully saturated rings. The van der Waals surface area contributed by atoms with E-state index >= 15 is 0 Å². The summed E-state index contributed by atoms with van der Waals surface area (Å²) in [6.45, 7) is 5.31. The van der Waals surface area contributed by atoms with Crippen LogP contribution in [0.5, 0.6) is 11.5 Å². The molecular formula is C47H48N2O4S. The van der Waals surface area contributed by atoms with Gasteiger partial charge in [-0.2, -0.15) is 5.26 Å². The smallest absolute Gasteiger partial charge is 0.346 e. The lowest BCUT2D eigenvalue weighted by molar-refractivity contribution is -0.132. The van der Waals surface area contributed by atoms with Gasteiger partial charge in [0.15, 0.2) is 11.5 Å². The third kappa shape index (κ3) is 7.28. The predicted octanol–water partition coefficient (Wildman–Crippen LogP) is 12.9. The van der Waals surface area contributed by atoms with Gasteiger partial charge >= 0.3 is 5.97 Å². The molecule has 1 aliphatic heterocycles. The highest BCUT2D eigenvalue weighted by molar-refractivity contribution is 7.17. The molecule has 0 atom stereocenters. The molecular weight excluding hydrogens is 689 g/mol. The minimum atomic E-state index is -1.26. The van der Waals surface area contributed by atoms with Crippen LogP contribution >= 0.6 is 11.3 Å². The molecule has 7 rings (SSSR count). The standard InChI is InChI=1S/C47H48N2O4S/c1-3-5-7-15-25-47(26-16-8-6-4-2)40-29-33(45-44-43(52-27-28-53-44)42(54-45)30-34(32-48)46(50)51)21-23-38(40)39-24-22-37(31-41(39)47)49(35-17-11-9-12-18-35)36-19-13-10-14-20-36/h9-14,17-24,29-31H,3-8,15-16,25-28H2,1-2H3,(H,50,51)/b34-30+. The quantitative estimate of drug-likeness (QED) is 0.0617. The topological polar surface area (TPSA) is 82.8 Å². The molecule has 1 aliphatic carbocycles.